The molecule has 5 heteroatoms. The molecule has 0 aliphatic heterocycles. The van der Waals surface area contributed by atoms with Gasteiger partial charge in [0.2, 0.25) is 0 Å². The Labute approximate surface area is 295 Å². The summed E-state index contributed by atoms with van der Waals surface area (Å²) >= 11 is 0. The zero-order chi connectivity index (χ0) is 32.7. The molecule has 0 bridgehead atoms. The Balaban J connectivity index is 0.000000164. The topological polar surface area (TPSA) is 50.9 Å². The maximum Gasteiger partial charge on any atom is 0.149 e. The van der Waals surface area contributed by atoms with Gasteiger partial charge in [-0.1, -0.05) is 86.6 Å². The average molecular weight is 803 g/mol. The van der Waals surface area contributed by atoms with Crippen LogP contribution in [0.2, 0.25) is 0 Å². The summed E-state index contributed by atoms with van der Waals surface area (Å²) in [6.07, 6.45) is 1.91. The third-order valence-corrected chi connectivity index (χ3v) is 8.79. The van der Waals surface area contributed by atoms with Gasteiger partial charge in [0, 0.05) is 26.3 Å². The molecule has 0 saturated heterocycles. The van der Waals surface area contributed by atoms with Gasteiger partial charge in [0.1, 0.15) is 11.6 Å². The molecule has 0 fully saturated rings. The average Bonchev–Trinajstić information content (AvgIpc) is 3.43. The number of aromatic hydroxyl groups is 1. The van der Waals surface area contributed by atoms with Crippen molar-refractivity contribution in [3.8, 4) is 34.1 Å². The van der Waals surface area contributed by atoms with Crippen molar-refractivity contribution in [1.82, 2.24) is 14.5 Å². The van der Waals surface area contributed by atoms with Crippen molar-refractivity contribution < 1.29 is 25.2 Å². The summed E-state index contributed by atoms with van der Waals surface area (Å²) in [5, 5.41) is 15.4. The van der Waals surface area contributed by atoms with Crippen LogP contribution in [0, 0.1) is 40.7 Å². The zero-order valence-electron chi connectivity index (χ0n) is 27.7. The number of hydrogen-bond donors (Lipinski definition) is 1. The van der Waals surface area contributed by atoms with Gasteiger partial charge in [0.25, 0.3) is 0 Å². The third-order valence-electron chi connectivity index (χ3n) is 8.79. The summed E-state index contributed by atoms with van der Waals surface area (Å²) in [5.41, 5.74) is 11.9. The number of aryl methyl sites for hydroxylation is 5. The zero-order valence-corrected chi connectivity index (χ0v) is 30.1. The van der Waals surface area contributed by atoms with Crippen LogP contribution in [-0.4, -0.2) is 19.6 Å². The van der Waals surface area contributed by atoms with Crippen LogP contribution in [0.4, 0.5) is 0 Å². The molecule has 2 heterocycles. The first-order valence-electron chi connectivity index (χ1n) is 15.9. The molecule has 239 valence electrons. The molecule has 0 amide bonds. The summed E-state index contributed by atoms with van der Waals surface area (Å²) in [6, 6.07) is 42.4. The van der Waals surface area contributed by atoms with Gasteiger partial charge >= 0.3 is 0 Å². The fourth-order valence-electron chi connectivity index (χ4n) is 6.67. The quantitative estimate of drug-likeness (QED) is 0.143. The van der Waals surface area contributed by atoms with Crippen molar-refractivity contribution in [2.45, 2.75) is 34.6 Å². The number of para-hydroxylation sites is 4. The van der Waals surface area contributed by atoms with Gasteiger partial charge in [-0.15, -0.1) is 34.9 Å². The van der Waals surface area contributed by atoms with Crippen LogP contribution < -0.4 is 0 Å². The molecule has 8 aromatic rings. The second-order valence-electron chi connectivity index (χ2n) is 12.3. The molecule has 1 N–H and O–H groups in total. The van der Waals surface area contributed by atoms with Gasteiger partial charge in [0.05, 0.1) is 22.3 Å². The van der Waals surface area contributed by atoms with Crippen molar-refractivity contribution >= 4 is 32.6 Å². The Bertz CT molecular complexity index is 2400. The van der Waals surface area contributed by atoms with Crippen molar-refractivity contribution in [2.75, 3.05) is 0 Å². The number of hydrogen-bond acceptors (Lipinski definition) is 3. The predicted molar refractivity (Wildman–Crippen MR) is 195 cm³/mol. The van der Waals surface area contributed by atoms with Crippen molar-refractivity contribution in [3.63, 3.8) is 0 Å². The predicted octanol–water partition coefficient (Wildman–Crippen LogP) is 10.8. The Morgan fingerprint density at radius 2 is 1.29 bits per heavy atom. The van der Waals surface area contributed by atoms with E-state index in [1.807, 2.05) is 42.6 Å². The first-order valence-corrected chi connectivity index (χ1v) is 15.9. The van der Waals surface area contributed by atoms with E-state index in [4.69, 9.17) is 4.98 Å². The molecule has 0 aliphatic rings. The Morgan fingerprint density at radius 3 is 2.06 bits per heavy atom. The van der Waals surface area contributed by atoms with Crippen molar-refractivity contribution in [1.29, 1.82) is 0 Å². The molecule has 4 nitrogen and oxygen atoms in total. The third kappa shape index (κ3) is 6.03. The van der Waals surface area contributed by atoms with Crippen LogP contribution in [0.15, 0.2) is 121 Å². The molecule has 0 saturated carbocycles. The van der Waals surface area contributed by atoms with Crippen molar-refractivity contribution in [2.24, 2.45) is 0 Å². The standard InChI is InChI=1S/C22H18N.C21H18N2O.Ir/c1-14-11-15(2)13-17(12-14)22-21-8-7-18-16(3)5-4-6-19(18)20(21)9-10-23-22;1-14-8-7-9-15(2)20(14)23-18-12-5-4-11-17(18)22-21(23)16-10-3-6-13-19(16)24;/h4-12H,1-3H3;3-13,24H,1-2H3;/q-1;;. The summed E-state index contributed by atoms with van der Waals surface area (Å²) < 4.78 is 2.15. The van der Waals surface area contributed by atoms with E-state index in [-0.39, 0.29) is 25.9 Å². The summed E-state index contributed by atoms with van der Waals surface area (Å²) in [7, 11) is 0. The molecule has 0 spiro atoms. The van der Waals surface area contributed by atoms with Gasteiger partial charge in [-0.25, -0.2) is 4.98 Å². The molecule has 8 rings (SSSR count). The maximum absolute atomic E-state index is 10.3. The van der Waals surface area contributed by atoms with E-state index < -0.39 is 0 Å². The molecule has 1 radical (unpaired) electrons. The Morgan fingerprint density at radius 1 is 0.625 bits per heavy atom. The van der Waals surface area contributed by atoms with Gasteiger partial charge in [0.15, 0.2) is 0 Å². The Hall–Kier alpha value is -5.09. The summed E-state index contributed by atoms with van der Waals surface area (Å²) in [4.78, 5) is 9.46. The monoisotopic (exact) mass is 803 g/mol. The van der Waals surface area contributed by atoms with Gasteiger partial charge in [-0.2, -0.15) is 0 Å². The number of aromatic nitrogens is 3. The molecule has 2 aromatic heterocycles. The molecule has 0 aliphatic carbocycles. The molecule has 6 aromatic carbocycles. The van der Waals surface area contributed by atoms with Crippen LogP contribution in [0.1, 0.15) is 27.8 Å². The molecule has 48 heavy (non-hydrogen) atoms. The first-order chi connectivity index (χ1) is 22.8. The fourth-order valence-corrected chi connectivity index (χ4v) is 6.67. The van der Waals surface area contributed by atoms with E-state index in [9.17, 15) is 5.11 Å². The minimum atomic E-state index is 0. The van der Waals surface area contributed by atoms with Gasteiger partial charge in [-0.05, 0) is 95.0 Å². The fraction of sp³-hybridized carbons (Fsp3) is 0.116. The van der Waals surface area contributed by atoms with Gasteiger partial charge < -0.3 is 10.1 Å². The first kappa shape index (κ1) is 32.8. The Kier molecular flexibility index (Phi) is 9.28. The number of phenols is 1. The largest absolute Gasteiger partial charge is 0.507 e. The second-order valence-corrected chi connectivity index (χ2v) is 12.3. The number of fused-ring (bicyclic) bond motifs is 4. The van der Waals surface area contributed by atoms with Crippen LogP contribution >= 0.6 is 0 Å². The summed E-state index contributed by atoms with van der Waals surface area (Å²) in [6.45, 7) is 10.6. The minimum Gasteiger partial charge on any atom is -0.507 e. The van der Waals surface area contributed by atoms with Crippen LogP contribution in [-0.2, 0) is 20.1 Å². The van der Waals surface area contributed by atoms with E-state index >= 15 is 0 Å². The number of nitrogens with zero attached hydrogens (tertiary/aromatic N) is 3. The molecular weight excluding hydrogens is 767 g/mol. The molecule has 0 unspecified atom stereocenters. The SMILES string of the molecule is Cc1[c-]c(-c2nccc3c2ccc2c(C)cccc23)cc(C)c1.Cc1cccc(C)c1-n1c(-c2ccccc2O)nc2ccccc21.[Ir]. The van der Waals surface area contributed by atoms with E-state index in [2.05, 4.69) is 123 Å². The number of phenolic OH excluding ortho intramolecular Hbond substituents is 1. The number of pyridine rings is 1. The summed E-state index contributed by atoms with van der Waals surface area (Å²) in [5.74, 6) is 0.993. The van der Waals surface area contributed by atoms with Crippen LogP contribution in [0.25, 0.3) is 60.9 Å². The number of imidazole rings is 1. The van der Waals surface area contributed by atoms with Crippen LogP contribution in [0.5, 0.6) is 5.75 Å². The van der Waals surface area contributed by atoms with E-state index in [0.717, 1.165) is 44.9 Å². The number of rotatable bonds is 3. The van der Waals surface area contributed by atoms with E-state index in [1.54, 1.807) is 6.07 Å². The van der Waals surface area contributed by atoms with E-state index in [1.165, 1.54) is 43.8 Å². The maximum atomic E-state index is 10.3. The molecule has 0 atom stereocenters. The smallest absolute Gasteiger partial charge is 0.149 e. The second kappa shape index (κ2) is 13.6. The minimum absolute atomic E-state index is 0. The van der Waals surface area contributed by atoms with Crippen molar-refractivity contribution in [3.05, 3.63) is 155 Å². The number of benzene rings is 6. The normalized spacial score (nSPS) is 10.9. The molecular formula is C43H36IrN3O-. The van der Waals surface area contributed by atoms with E-state index in [0.29, 0.717) is 0 Å². The van der Waals surface area contributed by atoms with Gasteiger partial charge in [-0.3, -0.25) is 4.57 Å². The van der Waals surface area contributed by atoms with Crippen LogP contribution in [0.3, 0.4) is 0 Å².